The largest absolute Gasteiger partial charge is 1.00 e. The van der Waals surface area contributed by atoms with Crippen molar-refractivity contribution in [2.75, 3.05) is 6.61 Å². The maximum Gasteiger partial charge on any atom is 1.00 e. The minimum Gasteiger partial charge on any atom is -0.547 e. The molecule has 0 amide bonds. The third kappa shape index (κ3) is 3.73. The molecule has 1 saturated carbocycles. The van der Waals surface area contributed by atoms with Crippen molar-refractivity contribution in [3.05, 3.63) is 0 Å². The second-order valence-corrected chi connectivity index (χ2v) is 4.97. The van der Waals surface area contributed by atoms with Gasteiger partial charge in [-0.3, -0.25) is 0 Å². The predicted molar refractivity (Wildman–Crippen MR) is 54.1 cm³/mol. The molecule has 86 valence electrons. The van der Waals surface area contributed by atoms with Crippen LogP contribution in [-0.4, -0.2) is 18.2 Å². The van der Waals surface area contributed by atoms with Crippen LogP contribution in [0.3, 0.4) is 0 Å². The van der Waals surface area contributed by atoms with E-state index in [1.807, 2.05) is 0 Å². The molecular formula is C12H19NaO3. The zero-order valence-corrected chi connectivity index (χ0v) is 12.2. The second kappa shape index (κ2) is 6.39. The Hall–Kier alpha value is 0.430. The molecule has 4 heteroatoms. The van der Waals surface area contributed by atoms with Crippen molar-refractivity contribution in [3.63, 3.8) is 0 Å². The zero-order valence-electron chi connectivity index (χ0n) is 10.2. The molecule has 0 bridgehead atoms. The fourth-order valence-electron chi connectivity index (χ4n) is 2.60. The van der Waals surface area contributed by atoms with E-state index in [1.165, 1.54) is 38.5 Å². The Labute approximate surface area is 119 Å². The van der Waals surface area contributed by atoms with Crippen LogP contribution in [-0.2, 0) is 9.53 Å². The maximum absolute atomic E-state index is 10.7. The van der Waals surface area contributed by atoms with Gasteiger partial charge < -0.3 is 14.6 Å². The van der Waals surface area contributed by atoms with E-state index < -0.39 is 11.6 Å². The first-order valence-electron chi connectivity index (χ1n) is 6.08. The fraction of sp³-hybridized carbons (Fsp3) is 0.917. The summed E-state index contributed by atoms with van der Waals surface area (Å²) in [5.74, 6) is -0.192. The standard InChI is InChI=1S/C12H20O3.Na/c13-11(14)12(9-15-12)8-4-7-10-5-2-1-3-6-10;/h10H,1-9H2,(H,13,14);/q;+1/p-1. The van der Waals surface area contributed by atoms with Crippen molar-refractivity contribution < 1.29 is 44.2 Å². The van der Waals surface area contributed by atoms with Crippen molar-refractivity contribution in [3.8, 4) is 0 Å². The van der Waals surface area contributed by atoms with Crippen molar-refractivity contribution in [2.45, 2.75) is 57.0 Å². The van der Waals surface area contributed by atoms with E-state index in [0.717, 1.165) is 12.3 Å². The van der Waals surface area contributed by atoms with E-state index in [9.17, 15) is 9.90 Å². The second-order valence-electron chi connectivity index (χ2n) is 4.97. The van der Waals surface area contributed by atoms with Gasteiger partial charge in [-0.2, -0.15) is 0 Å². The van der Waals surface area contributed by atoms with Crippen molar-refractivity contribution >= 4 is 5.97 Å². The minimum absolute atomic E-state index is 0. The number of ether oxygens (including phenoxy) is 1. The summed E-state index contributed by atoms with van der Waals surface area (Å²) >= 11 is 0. The van der Waals surface area contributed by atoms with Crippen LogP contribution in [0.5, 0.6) is 0 Å². The van der Waals surface area contributed by atoms with Crippen LogP contribution < -0.4 is 34.7 Å². The Morgan fingerprint density at radius 1 is 1.31 bits per heavy atom. The summed E-state index contributed by atoms with van der Waals surface area (Å²) in [5, 5.41) is 10.7. The Morgan fingerprint density at radius 3 is 2.44 bits per heavy atom. The Bertz CT molecular complexity index is 232. The van der Waals surface area contributed by atoms with Crippen LogP contribution in [0.15, 0.2) is 0 Å². The average molecular weight is 234 g/mol. The third-order valence-electron chi connectivity index (χ3n) is 3.78. The van der Waals surface area contributed by atoms with Gasteiger partial charge in [-0.05, 0) is 18.8 Å². The molecular weight excluding hydrogens is 215 g/mol. The van der Waals surface area contributed by atoms with E-state index in [2.05, 4.69) is 0 Å². The van der Waals surface area contributed by atoms with Gasteiger partial charge in [0.25, 0.3) is 0 Å². The van der Waals surface area contributed by atoms with E-state index in [-0.39, 0.29) is 29.6 Å². The van der Waals surface area contributed by atoms with Gasteiger partial charge in [0.2, 0.25) is 0 Å². The first kappa shape index (κ1) is 14.5. The quantitative estimate of drug-likeness (QED) is 0.419. The first-order valence-corrected chi connectivity index (χ1v) is 6.08. The van der Waals surface area contributed by atoms with Gasteiger partial charge in [-0.15, -0.1) is 0 Å². The van der Waals surface area contributed by atoms with Crippen LogP contribution in [0.2, 0.25) is 0 Å². The summed E-state index contributed by atoms with van der Waals surface area (Å²) in [6, 6.07) is 0. The van der Waals surface area contributed by atoms with Crippen LogP contribution >= 0.6 is 0 Å². The number of aliphatic carboxylic acids is 1. The first-order chi connectivity index (χ1) is 7.23. The molecule has 1 unspecified atom stereocenters. The molecule has 0 aromatic carbocycles. The number of carbonyl (C=O) groups excluding carboxylic acids is 1. The zero-order chi connectivity index (χ0) is 10.7. The molecule has 0 radical (unpaired) electrons. The molecule has 0 N–H and O–H groups in total. The fourth-order valence-corrected chi connectivity index (χ4v) is 2.60. The summed E-state index contributed by atoms with van der Waals surface area (Å²) < 4.78 is 4.98. The number of rotatable bonds is 5. The predicted octanol–water partition coefficient (Wildman–Crippen LogP) is -1.74. The summed E-state index contributed by atoms with van der Waals surface area (Å²) in [7, 11) is 0. The molecule has 2 rings (SSSR count). The van der Waals surface area contributed by atoms with Crippen LogP contribution in [0, 0.1) is 5.92 Å². The number of epoxide rings is 1. The monoisotopic (exact) mass is 234 g/mol. The topological polar surface area (TPSA) is 52.7 Å². The summed E-state index contributed by atoms with van der Waals surface area (Å²) in [6.07, 6.45) is 9.53. The van der Waals surface area contributed by atoms with Crippen molar-refractivity contribution in [2.24, 2.45) is 5.92 Å². The van der Waals surface area contributed by atoms with E-state index in [4.69, 9.17) is 4.74 Å². The SMILES string of the molecule is O=C([O-])C1(CCCC2CCCCC2)CO1.[Na+]. The van der Waals surface area contributed by atoms with Gasteiger partial charge in [-0.1, -0.05) is 38.5 Å². The number of carboxylic acid groups (broad SMARTS) is 1. The van der Waals surface area contributed by atoms with Gasteiger partial charge in [0.05, 0.1) is 12.6 Å². The normalized spacial score (nSPS) is 29.5. The van der Waals surface area contributed by atoms with E-state index in [0.29, 0.717) is 13.0 Å². The molecule has 1 heterocycles. The Balaban J connectivity index is 0.00000128. The molecule has 3 nitrogen and oxygen atoms in total. The third-order valence-corrected chi connectivity index (χ3v) is 3.78. The smallest absolute Gasteiger partial charge is 0.547 e. The van der Waals surface area contributed by atoms with Crippen molar-refractivity contribution in [1.82, 2.24) is 0 Å². The average Bonchev–Trinajstić information content (AvgIpc) is 3.01. The van der Waals surface area contributed by atoms with E-state index in [1.54, 1.807) is 0 Å². The van der Waals surface area contributed by atoms with Gasteiger partial charge in [0.1, 0.15) is 5.60 Å². The molecule has 0 aromatic rings. The van der Waals surface area contributed by atoms with E-state index >= 15 is 0 Å². The molecule has 1 saturated heterocycles. The molecule has 2 fully saturated rings. The summed E-state index contributed by atoms with van der Waals surface area (Å²) in [4.78, 5) is 10.7. The molecule has 1 atom stereocenters. The van der Waals surface area contributed by atoms with Gasteiger partial charge in [-0.25, -0.2) is 0 Å². The number of hydrogen-bond acceptors (Lipinski definition) is 3. The molecule has 1 aliphatic carbocycles. The summed E-state index contributed by atoms with van der Waals surface area (Å²) in [6.45, 7) is 0.361. The number of hydrogen-bond donors (Lipinski definition) is 0. The van der Waals surface area contributed by atoms with Gasteiger partial charge >= 0.3 is 29.6 Å². The van der Waals surface area contributed by atoms with Gasteiger partial charge in [0, 0.05) is 0 Å². The Kier molecular flexibility index (Phi) is 5.78. The summed E-state index contributed by atoms with van der Waals surface area (Å²) in [5.41, 5.74) is -0.894. The molecule has 0 aromatic heterocycles. The molecule has 1 aliphatic heterocycles. The maximum atomic E-state index is 10.7. The minimum atomic E-state index is -1.02. The van der Waals surface area contributed by atoms with Crippen LogP contribution in [0.25, 0.3) is 0 Å². The molecule has 16 heavy (non-hydrogen) atoms. The number of carboxylic acids is 1. The van der Waals surface area contributed by atoms with Crippen LogP contribution in [0.4, 0.5) is 0 Å². The molecule has 0 spiro atoms. The van der Waals surface area contributed by atoms with Crippen LogP contribution in [0.1, 0.15) is 51.4 Å². The Morgan fingerprint density at radius 2 is 1.94 bits per heavy atom. The van der Waals surface area contributed by atoms with Crippen molar-refractivity contribution in [1.29, 1.82) is 0 Å². The molecule has 2 aliphatic rings. The number of carbonyl (C=O) groups is 1. The van der Waals surface area contributed by atoms with Gasteiger partial charge in [0.15, 0.2) is 0 Å².